The molecule has 0 aromatic rings. The van der Waals surface area contributed by atoms with Crippen molar-refractivity contribution in [2.45, 2.75) is 204 Å². The normalized spacial score (nSPS) is 26.1. The Hall–Kier alpha value is -6.61. The zero-order valence-corrected chi connectivity index (χ0v) is 55.8. The highest BCUT2D eigenvalue weighted by Crippen LogP contribution is 2.25. The molecule has 1 aliphatic heterocycles. The molecule has 4 N–H and O–H groups in total. The molecule has 11 amide bonds. The van der Waals surface area contributed by atoms with Crippen LogP contribution >= 0.6 is 0 Å². The van der Waals surface area contributed by atoms with Gasteiger partial charge in [0.25, 0.3) is 5.91 Å². The van der Waals surface area contributed by atoms with Crippen LogP contribution in [0.3, 0.4) is 0 Å². The van der Waals surface area contributed by atoms with Crippen LogP contribution < -0.4 is 21.3 Å². The molecule has 22 nitrogen and oxygen atoms in total. The van der Waals surface area contributed by atoms with Gasteiger partial charge < -0.3 is 55.6 Å². The minimum Gasteiger partial charge on any atom is -0.343 e. The fourth-order valence-electron chi connectivity index (χ4n) is 10.3. The molecule has 1 rings (SSSR count). The predicted octanol–water partition coefficient (Wildman–Crippen LogP) is 4.59. The zero-order chi connectivity index (χ0) is 65.8. The molecule has 0 aromatic carbocycles. The Morgan fingerprint density at radius 1 is 0.494 bits per heavy atom. The third kappa shape index (κ3) is 22.3. The van der Waals surface area contributed by atoms with Crippen molar-refractivity contribution < 1.29 is 52.7 Å². The highest BCUT2D eigenvalue weighted by molar-refractivity contribution is 6.02. The van der Waals surface area contributed by atoms with E-state index in [2.05, 4.69) is 27.8 Å². The first-order chi connectivity index (χ1) is 39.3. The number of carbonyl (C=O) groups is 11. The Morgan fingerprint density at radius 2 is 0.929 bits per heavy atom. The minimum atomic E-state index is -1.22. The SMILES string of the molecule is C=C/C=C/CC(C)/C=C1\C(=O)N[C@@H](CC)C(=O)N(C)CC(=O)N(C)[C@@H](CC(C)C)C(=O)N[C@@H](C(C)C)C(=O)N(C)[C@@H](CC(C)C)C(=O)N[C@@H](C)C(=O)N[C@H](C)C(=O)N(C)[C@@H](CC(C)C)C(=O)N(C)[C@@H](CC(C)C)C(=O)N(C)[C@@H](C(C)C)C(=O)N1C. The standard InChI is InChI=1S/C63H109N11O11/c1-25-27-28-29-42(15)34-48-56(78)66-45(26-2)59(81)68(18)35-51(75)69(19)46(30-36(3)4)57(79)67-52(40(11)12)62(84)70(20)47(31-37(5)6)55(77)64-43(16)54(76)65-44(17)58(80)72(22)49(32-38(7)8)60(82)73(23)50(33-39(9)10)61(83)74(24)53(41(13)14)63(85)71(48)21/h25,27-28,34,36-47,49-50,52-53H,1,26,29-33,35H2,2-24H3,(H,64,77)(H,65,76)(H,66,78)(H,67,79)/b28-27+,48-34+/t42?,43-,44+,45-,46-,47-,49-,50-,52-,53-/m0/s1. The lowest BCUT2D eigenvalue weighted by Gasteiger charge is -2.40. The van der Waals surface area contributed by atoms with Crippen LogP contribution in [0.15, 0.2) is 36.6 Å². The molecule has 10 atom stereocenters. The van der Waals surface area contributed by atoms with Crippen molar-refractivity contribution in [1.29, 1.82) is 0 Å². The second-order valence-corrected chi connectivity index (χ2v) is 25.7. The lowest BCUT2D eigenvalue weighted by molar-refractivity contribution is -0.154. The quantitative estimate of drug-likeness (QED) is 0.130. The number of nitrogens with one attached hydrogen (secondary N) is 4. The zero-order valence-electron chi connectivity index (χ0n) is 55.8. The van der Waals surface area contributed by atoms with Gasteiger partial charge in [-0.1, -0.05) is 128 Å². The van der Waals surface area contributed by atoms with Crippen molar-refractivity contribution in [3.05, 3.63) is 36.6 Å². The minimum absolute atomic E-state index is 0.0724. The van der Waals surface area contributed by atoms with Gasteiger partial charge in [-0.05, 0) is 93.8 Å². The maximum Gasteiger partial charge on any atom is 0.268 e. The van der Waals surface area contributed by atoms with Gasteiger partial charge in [-0.3, -0.25) is 52.7 Å². The fraction of sp³-hybridized carbons (Fsp3) is 0.730. The van der Waals surface area contributed by atoms with Gasteiger partial charge in [0.2, 0.25) is 59.1 Å². The molecule has 22 heteroatoms. The molecular formula is C63H109N11O11. The van der Waals surface area contributed by atoms with Crippen LogP contribution in [0.1, 0.15) is 149 Å². The van der Waals surface area contributed by atoms with Crippen molar-refractivity contribution in [3.63, 3.8) is 0 Å². The van der Waals surface area contributed by atoms with E-state index in [1.54, 1.807) is 52.8 Å². The molecule has 0 aliphatic carbocycles. The summed E-state index contributed by atoms with van der Waals surface area (Å²) in [7, 11) is 10.1. The van der Waals surface area contributed by atoms with Crippen LogP contribution in [0.25, 0.3) is 0 Å². The first-order valence-electron chi connectivity index (χ1n) is 30.3. The third-order valence-corrected chi connectivity index (χ3v) is 15.5. The molecule has 482 valence electrons. The van der Waals surface area contributed by atoms with Gasteiger partial charge >= 0.3 is 0 Å². The highest BCUT2D eigenvalue weighted by Gasteiger charge is 2.43. The van der Waals surface area contributed by atoms with Crippen molar-refractivity contribution in [3.8, 4) is 0 Å². The van der Waals surface area contributed by atoms with Crippen molar-refractivity contribution in [2.24, 2.45) is 41.4 Å². The maximum atomic E-state index is 15.1. The van der Waals surface area contributed by atoms with E-state index in [0.29, 0.717) is 6.42 Å². The average Bonchev–Trinajstić information content (AvgIpc) is 3.58. The van der Waals surface area contributed by atoms with E-state index in [4.69, 9.17) is 0 Å². The van der Waals surface area contributed by atoms with Crippen molar-refractivity contribution >= 4 is 65.0 Å². The molecule has 1 heterocycles. The molecule has 1 saturated heterocycles. The van der Waals surface area contributed by atoms with Crippen LogP contribution in [-0.4, -0.2) is 210 Å². The fourth-order valence-corrected chi connectivity index (χ4v) is 10.3. The Labute approximate surface area is 509 Å². The summed E-state index contributed by atoms with van der Waals surface area (Å²) >= 11 is 0. The van der Waals surface area contributed by atoms with Gasteiger partial charge in [0, 0.05) is 49.3 Å². The Balaban J connectivity index is 4.32. The van der Waals surface area contributed by atoms with Gasteiger partial charge in [0.1, 0.15) is 60.1 Å². The van der Waals surface area contributed by atoms with Crippen LogP contribution in [0.5, 0.6) is 0 Å². The molecule has 0 spiro atoms. The number of nitrogens with zero attached hydrogens (tertiary/aromatic N) is 7. The topological polar surface area (TPSA) is 259 Å². The first-order valence-corrected chi connectivity index (χ1v) is 30.3. The number of likely N-dealkylation sites (N-methyl/N-ethyl adjacent to an activating group) is 7. The number of allylic oxidation sites excluding steroid dienone is 4. The third-order valence-electron chi connectivity index (χ3n) is 15.5. The summed E-state index contributed by atoms with van der Waals surface area (Å²) in [5, 5.41) is 11.1. The van der Waals surface area contributed by atoms with Crippen LogP contribution in [0.2, 0.25) is 0 Å². The van der Waals surface area contributed by atoms with E-state index >= 15 is 9.59 Å². The summed E-state index contributed by atoms with van der Waals surface area (Å²) < 4.78 is 0. The monoisotopic (exact) mass is 1200 g/mol. The molecule has 85 heavy (non-hydrogen) atoms. The van der Waals surface area contributed by atoms with Crippen LogP contribution in [0.4, 0.5) is 0 Å². The smallest absolute Gasteiger partial charge is 0.268 e. The molecule has 1 aliphatic rings. The van der Waals surface area contributed by atoms with E-state index in [9.17, 15) is 43.2 Å². The summed E-state index contributed by atoms with van der Waals surface area (Å²) in [4.78, 5) is 169. The largest absolute Gasteiger partial charge is 0.343 e. The maximum absolute atomic E-state index is 15.1. The van der Waals surface area contributed by atoms with Gasteiger partial charge in [-0.25, -0.2) is 0 Å². The predicted molar refractivity (Wildman–Crippen MR) is 331 cm³/mol. The summed E-state index contributed by atoms with van der Waals surface area (Å²) in [5.74, 6) is -8.97. The van der Waals surface area contributed by atoms with E-state index < -0.39 is 138 Å². The van der Waals surface area contributed by atoms with E-state index in [1.807, 2.05) is 68.4 Å². The number of rotatable bonds is 15. The van der Waals surface area contributed by atoms with Crippen molar-refractivity contribution in [1.82, 2.24) is 55.6 Å². The number of hydrogen-bond acceptors (Lipinski definition) is 11. The molecular weight excluding hydrogens is 1090 g/mol. The summed E-state index contributed by atoms with van der Waals surface area (Å²) in [6, 6.07) is -10.5. The number of carbonyl (C=O) groups excluding carboxylic acids is 11. The summed E-state index contributed by atoms with van der Waals surface area (Å²) in [6.07, 6.45) is 8.00. The van der Waals surface area contributed by atoms with Crippen molar-refractivity contribution in [2.75, 3.05) is 55.9 Å². The average molecular weight is 1200 g/mol. The molecule has 0 bridgehead atoms. The lowest BCUT2D eigenvalue weighted by Crippen LogP contribution is -2.61. The van der Waals surface area contributed by atoms with Gasteiger partial charge in [-0.2, -0.15) is 0 Å². The Bertz CT molecular complexity index is 2400. The molecule has 0 saturated carbocycles. The molecule has 0 aromatic heterocycles. The molecule has 1 fully saturated rings. The van der Waals surface area contributed by atoms with Crippen LogP contribution in [0, 0.1) is 41.4 Å². The van der Waals surface area contributed by atoms with Gasteiger partial charge in [0.05, 0.1) is 6.54 Å². The van der Waals surface area contributed by atoms with E-state index in [0.717, 1.165) is 4.90 Å². The number of amides is 11. The summed E-state index contributed by atoms with van der Waals surface area (Å²) in [5.41, 5.74) is -0.109. The molecule has 1 unspecified atom stereocenters. The number of hydrogen-bond donors (Lipinski definition) is 4. The summed E-state index contributed by atoms with van der Waals surface area (Å²) in [6.45, 7) is 31.6. The van der Waals surface area contributed by atoms with Gasteiger partial charge in [-0.15, -0.1) is 0 Å². The Morgan fingerprint density at radius 3 is 1.39 bits per heavy atom. The molecule has 0 radical (unpaired) electrons. The second-order valence-electron chi connectivity index (χ2n) is 25.7. The second kappa shape index (κ2) is 35.1. The van der Waals surface area contributed by atoms with Crippen LogP contribution in [-0.2, 0) is 52.7 Å². The van der Waals surface area contributed by atoms with E-state index in [-0.39, 0.29) is 67.4 Å². The van der Waals surface area contributed by atoms with E-state index in [1.165, 1.54) is 92.6 Å². The highest BCUT2D eigenvalue weighted by atomic mass is 16.2. The van der Waals surface area contributed by atoms with Gasteiger partial charge in [0.15, 0.2) is 0 Å². The Kier molecular flexibility index (Phi) is 31.6. The first kappa shape index (κ1) is 76.4. The lowest BCUT2D eigenvalue weighted by atomic mass is 9.95.